The predicted molar refractivity (Wildman–Crippen MR) is 78.2 cm³/mol. The molecule has 1 N–H and O–H groups in total. The van der Waals surface area contributed by atoms with Gasteiger partial charge in [-0.15, -0.1) is 0 Å². The highest BCUT2D eigenvalue weighted by Crippen LogP contribution is 2.34. The van der Waals surface area contributed by atoms with Gasteiger partial charge in [0.1, 0.15) is 0 Å². The summed E-state index contributed by atoms with van der Waals surface area (Å²) in [5.41, 5.74) is 0.993. The Bertz CT molecular complexity index is 353. The molecule has 1 unspecified atom stereocenters. The van der Waals surface area contributed by atoms with Gasteiger partial charge in [0.2, 0.25) is 0 Å². The third-order valence-electron chi connectivity index (χ3n) is 4.51. The third-order valence-corrected chi connectivity index (χ3v) is 4.51. The van der Waals surface area contributed by atoms with Crippen LogP contribution >= 0.6 is 0 Å². The van der Waals surface area contributed by atoms with Crippen LogP contribution in [0.3, 0.4) is 0 Å². The molecule has 2 heteroatoms. The monoisotopic (exact) mass is 262 g/mol. The van der Waals surface area contributed by atoms with Crippen molar-refractivity contribution in [2.45, 2.75) is 63.1 Å². The van der Waals surface area contributed by atoms with Crippen LogP contribution in [0.2, 0.25) is 0 Å². The smallest absolute Gasteiger partial charge is 0.0936 e. The van der Waals surface area contributed by atoms with Gasteiger partial charge in [0.15, 0.2) is 0 Å². The summed E-state index contributed by atoms with van der Waals surface area (Å²) in [6, 6.07) is 10.4. The van der Waals surface area contributed by atoms with Crippen LogP contribution in [0.15, 0.2) is 30.3 Å². The van der Waals surface area contributed by atoms with Crippen molar-refractivity contribution in [2.24, 2.45) is 0 Å². The summed E-state index contributed by atoms with van der Waals surface area (Å²) in [6.45, 7) is 0. The fourth-order valence-electron chi connectivity index (χ4n) is 3.21. The van der Waals surface area contributed by atoms with Crippen LogP contribution in [0.25, 0.3) is 0 Å². The van der Waals surface area contributed by atoms with Crippen molar-refractivity contribution in [3.8, 4) is 0 Å². The van der Waals surface area contributed by atoms with Crippen molar-refractivity contribution in [3.05, 3.63) is 35.9 Å². The normalized spacial score (nSPS) is 20.7. The van der Waals surface area contributed by atoms with Crippen LogP contribution in [-0.4, -0.2) is 23.9 Å². The second-order valence-corrected chi connectivity index (χ2v) is 5.72. The van der Waals surface area contributed by atoms with Crippen LogP contribution in [0, 0.1) is 0 Å². The Kier molecular flexibility index (Phi) is 5.41. The molecule has 0 bridgehead atoms. The van der Waals surface area contributed by atoms with Crippen LogP contribution < -0.4 is 0 Å². The highest BCUT2D eigenvalue weighted by Gasteiger charge is 2.37. The topological polar surface area (TPSA) is 29.5 Å². The molecule has 0 aliphatic heterocycles. The van der Waals surface area contributed by atoms with Gasteiger partial charge in [0.05, 0.1) is 11.7 Å². The molecule has 2 rings (SSSR count). The Morgan fingerprint density at radius 2 is 1.74 bits per heavy atom. The molecule has 2 nitrogen and oxygen atoms in total. The van der Waals surface area contributed by atoms with E-state index in [9.17, 15) is 5.11 Å². The van der Waals surface area contributed by atoms with Crippen molar-refractivity contribution in [3.63, 3.8) is 0 Å². The second-order valence-electron chi connectivity index (χ2n) is 5.72. The summed E-state index contributed by atoms with van der Waals surface area (Å²) in [7, 11) is 1.76. The molecule has 1 fully saturated rings. The first-order valence-corrected chi connectivity index (χ1v) is 7.54. The van der Waals surface area contributed by atoms with Crippen molar-refractivity contribution in [1.29, 1.82) is 0 Å². The summed E-state index contributed by atoms with van der Waals surface area (Å²) >= 11 is 0. The summed E-state index contributed by atoms with van der Waals surface area (Å²) in [6.07, 6.45) is 8.26. The van der Waals surface area contributed by atoms with Crippen LogP contribution in [0.1, 0.15) is 50.5 Å². The molecule has 1 aromatic rings. The van der Waals surface area contributed by atoms with E-state index in [0.717, 1.165) is 25.7 Å². The predicted octanol–water partition coefficient (Wildman–Crippen LogP) is 3.72. The van der Waals surface area contributed by atoms with E-state index in [1.165, 1.54) is 31.2 Å². The molecule has 1 saturated carbocycles. The van der Waals surface area contributed by atoms with E-state index in [2.05, 4.69) is 24.3 Å². The molecule has 1 aliphatic carbocycles. The number of rotatable bonds is 5. The summed E-state index contributed by atoms with van der Waals surface area (Å²) in [4.78, 5) is 0. The standard InChI is InChI=1S/C17H26O2/c1-19-17(13-7-2-3-8-14-17)16(18)12-11-15-9-5-4-6-10-15/h4-6,9-10,16,18H,2-3,7-8,11-14H2,1H3. The molecule has 0 saturated heterocycles. The zero-order valence-electron chi connectivity index (χ0n) is 12.0. The van der Waals surface area contributed by atoms with Gasteiger partial charge in [-0.25, -0.2) is 0 Å². The maximum absolute atomic E-state index is 10.6. The molecule has 106 valence electrons. The SMILES string of the molecule is COC1(C(O)CCc2ccccc2)CCCCCC1. The first kappa shape index (κ1) is 14.5. The number of benzene rings is 1. The molecule has 0 spiro atoms. The molecule has 19 heavy (non-hydrogen) atoms. The maximum Gasteiger partial charge on any atom is 0.0936 e. The van der Waals surface area contributed by atoms with Crippen LogP contribution in [-0.2, 0) is 11.2 Å². The molecule has 0 heterocycles. The number of ether oxygens (including phenoxy) is 1. The maximum atomic E-state index is 10.6. The van der Waals surface area contributed by atoms with Gasteiger partial charge in [0, 0.05) is 7.11 Å². The minimum atomic E-state index is -0.351. The first-order chi connectivity index (χ1) is 9.27. The molecule has 1 atom stereocenters. The zero-order chi connectivity index (χ0) is 13.6. The molecule has 1 aliphatic rings. The van der Waals surface area contributed by atoms with E-state index in [1.807, 2.05) is 6.07 Å². The lowest BCUT2D eigenvalue weighted by Crippen LogP contribution is -2.44. The lowest BCUT2D eigenvalue weighted by atomic mass is 9.85. The molecular weight excluding hydrogens is 236 g/mol. The van der Waals surface area contributed by atoms with Crippen molar-refractivity contribution < 1.29 is 9.84 Å². The van der Waals surface area contributed by atoms with E-state index >= 15 is 0 Å². The minimum absolute atomic E-state index is 0.300. The summed E-state index contributed by atoms with van der Waals surface area (Å²) in [5.74, 6) is 0. The van der Waals surface area contributed by atoms with E-state index in [0.29, 0.717) is 0 Å². The van der Waals surface area contributed by atoms with Crippen LogP contribution in [0.4, 0.5) is 0 Å². The molecular formula is C17H26O2. The fourth-order valence-corrected chi connectivity index (χ4v) is 3.21. The second kappa shape index (κ2) is 7.06. The molecule has 0 radical (unpaired) electrons. The van der Waals surface area contributed by atoms with E-state index in [4.69, 9.17) is 4.74 Å². The Hall–Kier alpha value is -0.860. The first-order valence-electron chi connectivity index (χ1n) is 7.54. The van der Waals surface area contributed by atoms with E-state index < -0.39 is 0 Å². The van der Waals surface area contributed by atoms with Gasteiger partial charge in [-0.1, -0.05) is 56.0 Å². The average molecular weight is 262 g/mol. The van der Waals surface area contributed by atoms with E-state index in [-0.39, 0.29) is 11.7 Å². The third kappa shape index (κ3) is 3.80. The largest absolute Gasteiger partial charge is 0.390 e. The number of hydrogen-bond donors (Lipinski definition) is 1. The Balaban J connectivity index is 1.94. The highest BCUT2D eigenvalue weighted by molar-refractivity contribution is 5.15. The van der Waals surface area contributed by atoms with Gasteiger partial charge in [-0.05, 0) is 31.2 Å². The van der Waals surface area contributed by atoms with Gasteiger partial charge >= 0.3 is 0 Å². The lowest BCUT2D eigenvalue weighted by Gasteiger charge is -2.36. The number of aliphatic hydroxyl groups is 1. The number of methoxy groups -OCH3 is 1. The van der Waals surface area contributed by atoms with Gasteiger partial charge in [-0.3, -0.25) is 0 Å². The molecule has 0 amide bonds. The lowest BCUT2D eigenvalue weighted by molar-refractivity contribution is -0.113. The number of aliphatic hydroxyl groups excluding tert-OH is 1. The van der Waals surface area contributed by atoms with Crippen molar-refractivity contribution in [2.75, 3.05) is 7.11 Å². The Labute approximate surface area is 116 Å². The van der Waals surface area contributed by atoms with Crippen molar-refractivity contribution in [1.82, 2.24) is 0 Å². The van der Waals surface area contributed by atoms with Crippen molar-refractivity contribution >= 4 is 0 Å². The molecule has 1 aromatic carbocycles. The zero-order valence-corrected chi connectivity index (χ0v) is 12.0. The van der Waals surface area contributed by atoms with E-state index in [1.54, 1.807) is 7.11 Å². The average Bonchev–Trinajstić information content (AvgIpc) is 2.72. The van der Waals surface area contributed by atoms with Gasteiger partial charge in [-0.2, -0.15) is 0 Å². The fraction of sp³-hybridized carbons (Fsp3) is 0.647. The highest BCUT2D eigenvalue weighted by atomic mass is 16.5. The van der Waals surface area contributed by atoms with Crippen LogP contribution in [0.5, 0.6) is 0 Å². The number of aryl methyl sites for hydroxylation is 1. The minimum Gasteiger partial charge on any atom is -0.390 e. The van der Waals surface area contributed by atoms with Gasteiger partial charge < -0.3 is 9.84 Å². The summed E-state index contributed by atoms with van der Waals surface area (Å²) in [5, 5.41) is 10.6. The van der Waals surface area contributed by atoms with Gasteiger partial charge in [0.25, 0.3) is 0 Å². The quantitative estimate of drug-likeness (QED) is 0.820. The summed E-state index contributed by atoms with van der Waals surface area (Å²) < 4.78 is 5.76. The Morgan fingerprint density at radius 3 is 2.32 bits per heavy atom. The number of hydrogen-bond acceptors (Lipinski definition) is 2. The molecule has 0 aromatic heterocycles. The Morgan fingerprint density at radius 1 is 1.11 bits per heavy atom.